The molecule has 5 aliphatic rings. The molecule has 3 fully saturated rings. The molecule has 2 saturated carbocycles. The van der Waals surface area contributed by atoms with Crippen LogP contribution in [-0.2, 0) is 9.59 Å². The molecule has 0 radical (unpaired) electrons. The lowest BCUT2D eigenvalue weighted by atomic mass is 9.63. The van der Waals surface area contributed by atoms with E-state index in [-0.39, 0.29) is 35.5 Å². The number of imide groups is 1. The number of carbonyl (C=O) groups is 3. The Hall–Kier alpha value is -3.21. The first kappa shape index (κ1) is 18.6. The maximum absolute atomic E-state index is 13.2. The molecule has 4 aliphatic carbocycles. The maximum atomic E-state index is 13.2. The maximum Gasteiger partial charge on any atom is 0.343 e. The van der Waals surface area contributed by atoms with Gasteiger partial charge >= 0.3 is 5.97 Å². The van der Waals surface area contributed by atoms with E-state index in [0.29, 0.717) is 28.8 Å². The first-order valence-corrected chi connectivity index (χ1v) is 10.9. The Morgan fingerprint density at radius 2 is 1.42 bits per heavy atom. The predicted molar refractivity (Wildman–Crippen MR) is 115 cm³/mol. The Bertz CT molecular complexity index is 1110. The lowest BCUT2D eigenvalue weighted by molar-refractivity contribution is -0.124. The van der Waals surface area contributed by atoms with Gasteiger partial charge in [-0.15, -0.1) is 0 Å². The molecule has 0 N–H and O–H groups in total. The molecule has 31 heavy (non-hydrogen) atoms. The Kier molecular flexibility index (Phi) is 3.83. The number of rotatable bonds is 3. The van der Waals surface area contributed by atoms with Crippen LogP contribution in [0.1, 0.15) is 27.9 Å². The summed E-state index contributed by atoms with van der Waals surface area (Å²) in [7, 11) is 0. The van der Waals surface area contributed by atoms with Crippen molar-refractivity contribution in [2.75, 3.05) is 4.90 Å². The minimum atomic E-state index is -0.466. The summed E-state index contributed by atoms with van der Waals surface area (Å²) >= 11 is 0. The van der Waals surface area contributed by atoms with Crippen molar-refractivity contribution < 1.29 is 19.1 Å². The van der Waals surface area contributed by atoms with Crippen molar-refractivity contribution in [3.8, 4) is 5.75 Å². The van der Waals surface area contributed by atoms with Crippen molar-refractivity contribution in [3.63, 3.8) is 0 Å². The highest BCUT2D eigenvalue weighted by Crippen LogP contribution is 2.65. The molecule has 1 heterocycles. The van der Waals surface area contributed by atoms with E-state index in [1.807, 2.05) is 32.0 Å². The number of carbonyl (C=O) groups excluding carboxylic acids is 3. The first-order chi connectivity index (χ1) is 14.9. The van der Waals surface area contributed by atoms with E-state index < -0.39 is 5.97 Å². The average molecular weight is 413 g/mol. The number of amides is 2. The Labute approximate surface area is 180 Å². The van der Waals surface area contributed by atoms with Gasteiger partial charge in [0.2, 0.25) is 11.8 Å². The third kappa shape index (κ3) is 2.72. The van der Waals surface area contributed by atoms with Gasteiger partial charge in [-0.1, -0.05) is 18.2 Å². The topological polar surface area (TPSA) is 63.7 Å². The second kappa shape index (κ2) is 6.39. The van der Waals surface area contributed by atoms with Gasteiger partial charge in [-0.05, 0) is 91.5 Å². The summed E-state index contributed by atoms with van der Waals surface area (Å²) in [4.78, 5) is 40.3. The van der Waals surface area contributed by atoms with E-state index in [4.69, 9.17) is 4.74 Å². The third-order valence-corrected chi connectivity index (χ3v) is 7.43. The quantitative estimate of drug-likeness (QED) is 0.329. The Morgan fingerprint density at radius 1 is 0.871 bits per heavy atom. The molecule has 5 heteroatoms. The van der Waals surface area contributed by atoms with Crippen molar-refractivity contribution in [1.29, 1.82) is 0 Å². The van der Waals surface area contributed by atoms with Crippen LogP contribution >= 0.6 is 0 Å². The summed E-state index contributed by atoms with van der Waals surface area (Å²) in [6.45, 7) is 3.90. The third-order valence-electron chi connectivity index (χ3n) is 7.43. The van der Waals surface area contributed by atoms with Gasteiger partial charge in [-0.2, -0.15) is 0 Å². The SMILES string of the molecule is Cc1cc(C)cc(OC(=O)c2ccc(N3C(=O)[C@@H]4[C@@H]5C=C[C@H]([C@H]6C[C@H]56)[C@@H]4C3=O)cc2)c1. The Morgan fingerprint density at radius 3 is 1.97 bits per heavy atom. The van der Waals surface area contributed by atoms with Gasteiger partial charge < -0.3 is 4.74 Å². The van der Waals surface area contributed by atoms with Crippen LogP contribution in [0.4, 0.5) is 5.69 Å². The smallest absolute Gasteiger partial charge is 0.343 e. The zero-order chi connectivity index (χ0) is 21.4. The van der Waals surface area contributed by atoms with Gasteiger partial charge in [-0.3, -0.25) is 14.5 Å². The Balaban J connectivity index is 1.23. The normalized spacial score (nSPS) is 32.1. The number of benzene rings is 2. The summed E-state index contributed by atoms with van der Waals surface area (Å²) in [5.41, 5.74) is 2.95. The first-order valence-electron chi connectivity index (χ1n) is 10.9. The molecule has 5 nitrogen and oxygen atoms in total. The molecule has 1 saturated heterocycles. The number of hydrogen-bond donors (Lipinski definition) is 0. The van der Waals surface area contributed by atoms with Crippen LogP contribution < -0.4 is 9.64 Å². The van der Waals surface area contributed by atoms with Gasteiger partial charge in [0, 0.05) is 0 Å². The van der Waals surface area contributed by atoms with E-state index in [1.165, 1.54) is 4.90 Å². The fourth-order valence-electron chi connectivity index (χ4n) is 6.12. The highest BCUT2D eigenvalue weighted by Gasteiger charge is 2.67. The number of allylic oxidation sites excluding steroid dienone is 2. The second-order valence-corrected chi connectivity index (χ2v) is 9.43. The minimum absolute atomic E-state index is 0.0923. The molecule has 6 atom stereocenters. The lowest BCUT2D eigenvalue weighted by Crippen LogP contribution is -2.40. The van der Waals surface area contributed by atoms with E-state index >= 15 is 0 Å². The molecule has 0 aromatic heterocycles. The number of nitrogens with zero attached hydrogens (tertiary/aromatic N) is 1. The molecule has 1 aliphatic heterocycles. The molecular weight excluding hydrogens is 390 g/mol. The van der Waals surface area contributed by atoms with Crippen molar-refractivity contribution in [1.82, 2.24) is 0 Å². The number of esters is 1. The van der Waals surface area contributed by atoms with Crippen molar-refractivity contribution >= 4 is 23.5 Å². The lowest BCUT2D eigenvalue weighted by Gasteiger charge is -2.37. The monoisotopic (exact) mass is 413 g/mol. The zero-order valence-electron chi connectivity index (χ0n) is 17.4. The molecule has 7 rings (SSSR count). The number of aryl methyl sites for hydroxylation is 2. The molecule has 0 spiro atoms. The van der Waals surface area contributed by atoms with Gasteiger partial charge in [-0.25, -0.2) is 4.79 Å². The van der Waals surface area contributed by atoms with Crippen LogP contribution in [0.2, 0.25) is 0 Å². The van der Waals surface area contributed by atoms with Gasteiger partial charge in [0.25, 0.3) is 0 Å². The summed E-state index contributed by atoms with van der Waals surface area (Å²) in [5.74, 6) is 0.970. The summed E-state index contributed by atoms with van der Waals surface area (Å²) in [5, 5.41) is 0. The van der Waals surface area contributed by atoms with Crippen LogP contribution in [0.15, 0.2) is 54.6 Å². The van der Waals surface area contributed by atoms with Crippen LogP contribution in [0.25, 0.3) is 0 Å². The molecule has 2 bridgehead atoms. The van der Waals surface area contributed by atoms with E-state index in [2.05, 4.69) is 12.2 Å². The standard InChI is InChI=1S/C26H23NO4/c1-13-9-14(2)11-17(10-13)31-26(30)15-3-5-16(6-4-15)27-24(28)22-18-7-8-19(21-12-20(18)21)23(22)25(27)29/h3-11,18-23H,12H2,1-2H3/t18-,19-,20-,21-,22-,23+/m1/s1. The fourth-order valence-corrected chi connectivity index (χ4v) is 6.12. The summed E-state index contributed by atoms with van der Waals surface area (Å²) in [6, 6.07) is 12.2. The van der Waals surface area contributed by atoms with Crippen molar-refractivity contribution in [2.45, 2.75) is 20.3 Å². The van der Waals surface area contributed by atoms with Gasteiger partial charge in [0.05, 0.1) is 23.1 Å². The molecule has 2 aromatic carbocycles. The summed E-state index contributed by atoms with van der Waals surface area (Å²) < 4.78 is 5.51. The molecule has 156 valence electrons. The molecule has 0 unspecified atom stereocenters. The highest BCUT2D eigenvalue weighted by atomic mass is 16.5. The number of ether oxygens (including phenoxy) is 1. The molecular formula is C26H23NO4. The molecule has 2 aromatic rings. The zero-order valence-corrected chi connectivity index (χ0v) is 17.4. The number of anilines is 1. The largest absolute Gasteiger partial charge is 0.423 e. The highest BCUT2D eigenvalue weighted by molar-refractivity contribution is 6.22. The average Bonchev–Trinajstić information content (AvgIpc) is 3.51. The van der Waals surface area contributed by atoms with E-state index in [9.17, 15) is 14.4 Å². The van der Waals surface area contributed by atoms with Gasteiger partial charge in [0.1, 0.15) is 5.75 Å². The van der Waals surface area contributed by atoms with Gasteiger partial charge in [0.15, 0.2) is 0 Å². The number of hydrogen-bond acceptors (Lipinski definition) is 4. The predicted octanol–water partition coefficient (Wildman–Crippen LogP) is 4.08. The van der Waals surface area contributed by atoms with Crippen molar-refractivity contribution in [3.05, 3.63) is 71.3 Å². The van der Waals surface area contributed by atoms with Crippen LogP contribution in [0, 0.1) is 49.4 Å². The minimum Gasteiger partial charge on any atom is -0.423 e. The van der Waals surface area contributed by atoms with Crippen LogP contribution in [0.3, 0.4) is 0 Å². The summed E-state index contributed by atoms with van der Waals surface area (Å²) in [6.07, 6.45) is 5.48. The van der Waals surface area contributed by atoms with Crippen LogP contribution in [0.5, 0.6) is 5.75 Å². The fraction of sp³-hybridized carbons (Fsp3) is 0.346. The van der Waals surface area contributed by atoms with Crippen LogP contribution in [-0.4, -0.2) is 17.8 Å². The van der Waals surface area contributed by atoms with E-state index in [1.54, 1.807) is 24.3 Å². The van der Waals surface area contributed by atoms with E-state index in [0.717, 1.165) is 17.5 Å². The van der Waals surface area contributed by atoms with Crippen molar-refractivity contribution in [2.24, 2.45) is 35.5 Å². The molecule has 2 amide bonds. The second-order valence-electron chi connectivity index (χ2n) is 9.43.